The van der Waals surface area contributed by atoms with Crippen molar-refractivity contribution in [3.8, 4) is 0 Å². The molecule has 3 aliphatic heterocycles. The minimum absolute atomic E-state index is 0.158. The first-order valence-electron chi connectivity index (χ1n) is 10.1. The van der Waals surface area contributed by atoms with E-state index in [0.29, 0.717) is 30.6 Å². The van der Waals surface area contributed by atoms with Crippen molar-refractivity contribution in [3.63, 3.8) is 0 Å². The fourth-order valence-electron chi connectivity index (χ4n) is 3.83. The van der Waals surface area contributed by atoms with Crippen LogP contribution in [0, 0.1) is 0 Å². The first-order chi connectivity index (χ1) is 14.7. The quantitative estimate of drug-likeness (QED) is 0.520. The highest BCUT2D eigenvalue weighted by molar-refractivity contribution is 7.92. The monoisotopic (exact) mass is 450 g/mol. The van der Waals surface area contributed by atoms with E-state index in [1.807, 2.05) is 0 Å². The number of hydrogen-bond acceptors (Lipinski definition) is 10. The summed E-state index contributed by atoms with van der Waals surface area (Å²) >= 11 is 0.967. The molecule has 0 bridgehead atoms. The number of anilines is 2. The van der Waals surface area contributed by atoms with E-state index in [-0.39, 0.29) is 23.2 Å². The lowest BCUT2D eigenvalue weighted by Crippen LogP contribution is -2.53. The smallest absolute Gasteiger partial charge is 0.341 e. The highest BCUT2D eigenvalue weighted by Crippen LogP contribution is 2.35. The van der Waals surface area contributed by atoms with Crippen LogP contribution in [0.2, 0.25) is 0 Å². The molecular formula is C19H24N5O4S2+. The van der Waals surface area contributed by atoms with Gasteiger partial charge in [0.15, 0.2) is 22.7 Å². The number of fused-ring (bicyclic) bond motifs is 1. The summed E-state index contributed by atoms with van der Waals surface area (Å²) in [5, 5.41) is 5.33. The molecule has 3 aliphatic rings. The molecule has 0 aromatic carbocycles. The van der Waals surface area contributed by atoms with E-state index in [9.17, 15) is 4.79 Å². The van der Waals surface area contributed by atoms with E-state index in [0.717, 1.165) is 54.6 Å². The first-order valence-corrected chi connectivity index (χ1v) is 12.2. The Balaban J connectivity index is 1.30. The third-order valence-corrected chi connectivity index (χ3v) is 7.96. The fraction of sp³-hybridized carbons (Fsp3) is 0.579. The van der Waals surface area contributed by atoms with E-state index in [1.165, 1.54) is 17.7 Å². The summed E-state index contributed by atoms with van der Waals surface area (Å²) in [4.78, 5) is 25.0. The maximum Gasteiger partial charge on any atom is 0.341 e. The second-order valence-corrected chi connectivity index (χ2v) is 9.99. The zero-order chi connectivity index (χ0) is 20.5. The van der Waals surface area contributed by atoms with Gasteiger partial charge in [0.1, 0.15) is 11.8 Å². The zero-order valence-electron chi connectivity index (χ0n) is 16.7. The average Bonchev–Trinajstić information content (AvgIpc) is 3.41. The molecule has 2 saturated heterocycles. The normalized spacial score (nSPS) is 21.9. The van der Waals surface area contributed by atoms with E-state index in [2.05, 4.69) is 14.6 Å². The van der Waals surface area contributed by atoms with Gasteiger partial charge in [0, 0.05) is 31.1 Å². The second kappa shape index (κ2) is 8.66. The summed E-state index contributed by atoms with van der Waals surface area (Å²) < 4.78 is 20.7. The van der Waals surface area contributed by atoms with Crippen molar-refractivity contribution >= 4 is 40.4 Å². The van der Waals surface area contributed by atoms with E-state index < -0.39 is 0 Å². The third kappa shape index (κ3) is 3.98. The number of aromatic nitrogens is 3. The lowest BCUT2D eigenvalue weighted by molar-refractivity contribution is 0.0231. The van der Waals surface area contributed by atoms with Crippen LogP contribution in [0.15, 0.2) is 16.5 Å². The molecule has 160 valence electrons. The van der Waals surface area contributed by atoms with Crippen LogP contribution in [-0.4, -0.2) is 71.6 Å². The van der Waals surface area contributed by atoms with Crippen LogP contribution < -0.4 is 10.2 Å². The van der Waals surface area contributed by atoms with Crippen LogP contribution in [0.3, 0.4) is 0 Å². The van der Waals surface area contributed by atoms with Crippen molar-refractivity contribution in [2.24, 2.45) is 0 Å². The minimum atomic E-state index is -0.325. The highest BCUT2D eigenvalue weighted by atomic mass is 32.2. The summed E-state index contributed by atoms with van der Waals surface area (Å²) in [5.41, 5.74) is 1.56. The summed E-state index contributed by atoms with van der Waals surface area (Å²) in [6.07, 6.45) is 4.20. The maximum atomic E-state index is 12.1. The molecule has 0 spiro atoms. The van der Waals surface area contributed by atoms with Gasteiger partial charge in [-0.15, -0.1) is 0 Å². The van der Waals surface area contributed by atoms with Crippen LogP contribution in [0.25, 0.3) is 0 Å². The first kappa shape index (κ1) is 20.0. The van der Waals surface area contributed by atoms with Crippen molar-refractivity contribution in [1.29, 1.82) is 0 Å². The van der Waals surface area contributed by atoms with E-state index >= 15 is 0 Å². The van der Waals surface area contributed by atoms with Crippen LogP contribution in [-0.2, 0) is 31.3 Å². The van der Waals surface area contributed by atoms with Gasteiger partial charge in [0.25, 0.3) is 4.90 Å². The van der Waals surface area contributed by atoms with Gasteiger partial charge in [-0.1, -0.05) is 0 Å². The Hall–Kier alpha value is -1.95. The third-order valence-electron chi connectivity index (χ3n) is 5.51. The average molecular weight is 451 g/mol. The number of ether oxygens (including phenoxy) is 2. The number of rotatable bonds is 6. The number of nitrogens with one attached hydrogen (secondary N) is 1. The van der Waals surface area contributed by atoms with Crippen LogP contribution >= 0.6 is 11.5 Å². The zero-order valence-corrected chi connectivity index (χ0v) is 18.3. The van der Waals surface area contributed by atoms with Gasteiger partial charge in [-0.2, -0.15) is 9.17 Å². The fourth-order valence-corrected chi connectivity index (χ4v) is 5.98. The predicted molar refractivity (Wildman–Crippen MR) is 114 cm³/mol. The molecule has 5 heterocycles. The van der Waals surface area contributed by atoms with E-state index in [1.54, 1.807) is 12.5 Å². The Bertz CT molecular complexity index is 901. The summed E-state index contributed by atoms with van der Waals surface area (Å²) in [6, 6.07) is 0.345. The van der Waals surface area contributed by atoms with Crippen LogP contribution in [0.4, 0.5) is 11.8 Å². The molecule has 2 fully saturated rings. The topological polar surface area (TPSA) is 98.7 Å². The molecule has 1 N–H and O–H groups in total. The highest BCUT2D eigenvalue weighted by Gasteiger charge is 2.42. The van der Waals surface area contributed by atoms with Gasteiger partial charge in [-0.25, -0.2) is 14.2 Å². The van der Waals surface area contributed by atoms with Gasteiger partial charge >= 0.3 is 5.97 Å². The molecule has 1 atom stereocenters. The number of esters is 1. The second-order valence-electron chi connectivity index (χ2n) is 7.49. The largest absolute Gasteiger partial charge is 0.455 e. The molecule has 0 amide bonds. The van der Waals surface area contributed by atoms with Crippen molar-refractivity contribution < 1.29 is 18.5 Å². The molecular weight excluding hydrogens is 426 g/mol. The van der Waals surface area contributed by atoms with Gasteiger partial charge in [0.05, 0.1) is 32.0 Å². The van der Waals surface area contributed by atoms with Gasteiger partial charge in [-0.3, -0.25) is 0 Å². The van der Waals surface area contributed by atoms with Gasteiger partial charge < -0.3 is 19.7 Å². The molecule has 0 radical (unpaired) electrons. The van der Waals surface area contributed by atoms with E-state index in [4.69, 9.17) is 23.6 Å². The van der Waals surface area contributed by atoms with Crippen molar-refractivity contribution in [3.05, 3.63) is 22.8 Å². The molecule has 1 unspecified atom stereocenters. The molecule has 9 nitrogen and oxygen atoms in total. The Morgan fingerprint density at radius 2 is 2.17 bits per heavy atom. The summed E-state index contributed by atoms with van der Waals surface area (Å²) in [6.45, 7) is 2.73. The number of carbonyl (C=O) groups is 1. The lowest BCUT2D eigenvalue weighted by Gasteiger charge is -2.38. The predicted octanol–water partition coefficient (Wildman–Crippen LogP) is 1.66. The van der Waals surface area contributed by atoms with Gasteiger partial charge in [-0.05, 0) is 24.4 Å². The molecule has 2 aromatic heterocycles. The SMILES string of the molecule is CO[S+]1CCc2nc(N3CC(OC(=O)c4cnsc4)C3)nc(NC3CCOCC3)c21. The molecule has 5 rings (SSSR count). The molecule has 2 aromatic rings. The Morgan fingerprint density at radius 3 is 2.90 bits per heavy atom. The number of aryl methyl sites for hydroxylation is 1. The molecule has 30 heavy (non-hydrogen) atoms. The molecule has 11 heteroatoms. The summed E-state index contributed by atoms with van der Waals surface area (Å²) in [5.74, 6) is 2.19. The maximum absolute atomic E-state index is 12.1. The number of nitrogens with zero attached hydrogens (tertiary/aromatic N) is 4. The van der Waals surface area contributed by atoms with Crippen molar-refractivity contribution in [2.75, 3.05) is 49.4 Å². The van der Waals surface area contributed by atoms with Crippen LogP contribution in [0.5, 0.6) is 0 Å². The Morgan fingerprint density at radius 1 is 1.33 bits per heavy atom. The molecule has 0 saturated carbocycles. The van der Waals surface area contributed by atoms with Crippen LogP contribution in [0.1, 0.15) is 28.9 Å². The Labute approximate surface area is 181 Å². The van der Waals surface area contributed by atoms with Gasteiger partial charge in [0.2, 0.25) is 5.95 Å². The summed E-state index contributed by atoms with van der Waals surface area (Å²) in [7, 11) is 1.75. The standard InChI is InChI=1S/C19H24N5O4S2/c1-26-30-7-4-15-16(30)17(21-13-2-5-27-6-3-13)23-19(22-15)24-9-14(10-24)28-18(25)12-8-20-29-11-12/h8,11,13-14H,2-7,9-10H2,1H3,(H,21,22,23)/q+1. The lowest BCUT2D eigenvalue weighted by atomic mass is 10.1. The molecule has 0 aliphatic carbocycles. The van der Waals surface area contributed by atoms with Crippen molar-refractivity contribution in [2.45, 2.75) is 36.3 Å². The Kier molecular flexibility index (Phi) is 5.77. The number of carbonyl (C=O) groups excluding carboxylic acids is 1. The minimum Gasteiger partial charge on any atom is -0.455 e. The van der Waals surface area contributed by atoms with Crippen molar-refractivity contribution in [1.82, 2.24) is 14.3 Å². The number of hydrogen-bond donors (Lipinski definition) is 1.